The fraction of sp³-hybridized carbons (Fsp3) is 0.500. The predicted octanol–water partition coefficient (Wildman–Crippen LogP) is -0.735. The number of hydrogen-bond donors (Lipinski definition) is 1. The molecule has 0 aromatic rings. The quantitative estimate of drug-likeness (QED) is 0.387. The van der Waals surface area contributed by atoms with Crippen molar-refractivity contribution in [2.75, 3.05) is 20.6 Å². The Morgan fingerprint density at radius 1 is 1.22 bits per heavy atom. The molecule has 3 nitrogen and oxygen atoms in total. The van der Waals surface area contributed by atoms with Gasteiger partial charge in [0.15, 0.2) is 0 Å². The summed E-state index contributed by atoms with van der Waals surface area (Å²) in [7, 11) is 4.45. The first-order chi connectivity index (χ1) is 7.64. The lowest BCUT2D eigenvalue weighted by atomic mass is 9.96. The minimum Gasteiger partial charge on any atom is -1.00 e. The summed E-state index contributed by atoms with van der Waals surface area (Å²) < 4.78 is 0.961. The maximum absolute atomic E-state index is 9.47. The second kappa shape index (κ2) is 9.92. The third kappa shape index (κ3) is 9.02. The molecule has 2 N–H and O–H groups in total. The summed E-state index contributed by atoms with van der Waals surface area (Å²) >= 11 is 0. The normalized spacial score (nSPS) is 10.2. The van der Waals surface area contributed by atoms with Gasteiger partial charge in [0.25, 0.3) is 0 Å². The van der Waals surface area contributed by atoms with Crippen molar-refractivity contribution in [1.29, 1.82) is 0 Å². The molecular weight excluding hydrogens is 248 g/mol. The first-order valence-electron chi connectivity index (χ1n) is 5.61. The van der Waals surface area contributed by atoms with Gasteiger partial charge in [-0.1, -0.05) is 19.2 Å². The molecule has 0 fully saturated rings. The maximum atomic E-state index is 9.47. The van der Waals surface area contributed by atoms with Crippen molar-refractivity contribution < 1.29 is 21.7 Å². The lowest BCUT2D eigenvalue weighted by Crippen LogP contribution is -3.00. The van der Waals surface area contributed by atoms with E-state index in [9.17, 15) is 4.79 Å². The van der Waals surface area contributed by atoms with Crippen LogP contribution in [0.1, 0.15) is 20.3 Å². The fourth-order valence-corrected chi connectivity index (χ4v) is 1.17. The van der Waals surface area contributed by atoms with Gasteiger partial charge in [-0.3, -0.25) is 4.79 Å². The van der Waals surface area contributed by atoms with E-state index in [1.54, 1.807) is 0 Å². The van der Waals surface area contributed by atoms with Crippen molar-refractivity contribution in [3.05, 3.63) is 38.0 Å². The van der Waals surface area contributed by atoms with Crippen LogP contribution in [0.3, 0.4) is 0 Å². The number of primary amides is 1. The van der Waals surface area contributed by atoms with Crippen LogP contribution in [0.5, 0.6) is 0 Å². The molecule has 0 aromatic carbocycles. The molecule has 0 aliphatic carbocycles. The van der Waals surface area contributed by atoms with Crippen LogP contribution in [0, 0.1) is 0 Å². The molecule has 0 saturated carbocycles. The SMILES string of the molecule is C=CC(N)=O.C=CCC(C)(C)[N+](C)(C)CC=C.[Cl-]. The first-order valence-corrected chi connectivity index (χ1v) is 5.61. The van der Waals surface area contributed by atoms with Crippen molar-refractivity contribution in [1.82, 2.24) is 0 Å². The Morgan fingerprint density at radius 2 is 1.61 bits per heavy atom. The van der Waals surface area contributed by atoms with E-state index in [1.165, 1.54) is 0 Å². The first kappa shape index (κ1) is 22.1. The highest BCUT2D eigenvalue weighted by Gasteiger charge is 2.33. The molecule has 4 heteroatoms. The van der Waals surface area contributed by atoms with Crippen molar-refractivity contribution in [2.24, 2.45) is 5.73 Å². The van der Waals surface area contributed by atoms with Crippen LogP contribution in [0.4, 0.5) is 0 Å². The average molecular weight is 275 g/mol. The lowest BCUT2D eigenvalue weighted by molar-refractivity contribution is -0.932. The predicted molar refractivity (Wildman–Crippen MR) is 75.5 cm³/mol. The minimum atomic E-state index is -0.481. The Kier molecular flexibility index (Phi) is 12.2. The van der Waals surface area contributed by atoms with E-state index in [2.05, 4.69) is 53.4 Å². The van der Waals surface area contributed by atoms with Crippen LogP contribution in [0.25, 0.3) is 0 Å². The van der Waals surface area contributed by atoms with Crippen LogP contribution in [-0.2, 0) is 4.79 Å². The molecule has 0 spiro atoms. The summed E-state index contributed by atoms with van der Waals surface area (Å²) in [4.78, 5) is 9.47. The van der Waals surface area contributed by atoms with Crippen molar-refractivity contribution >= 4 is 5.91 Å². The number of hydrogen-bond acceptors (Lipinski definition) is 1. The van der Waals surface area contributed by atoms with Gasteiger partial charge in [-0.2, -0.15) is 0 Å². The van der Waals surface area contributed by atoms with Gasteiger partial charge in [-0.05, 0) is 26.0 Å². The summed E-state index contributed by atoms with van der Waals surface area (Å²) in [5.74, 6) is -0.481. The van der Waals surface area contributed by atoms with E-state index >= 15 is 0 Å². The van der Waals surface area contributed by atoms with Crippen LogP contribution in [0.15, 0.2) is 38.0 Å². The average Bonchev–Trinajstić information content (AvgIpc) is 2.18. The molecule has 0 atom stereocenters. The fourth-order valence-electron chi connectivity index (χ4n) is 1.17. The molecule has 0 aliphatic heterocycles. The molecule has 0 unspecified atom stereocenters. The number of rotatable bonds is 6. The molecule has 0 aliphatic rings. The maximum Gasteiger partial charge on any atom is 0.240 e. The summed E-state index contributed by atoms with van der Waals surface area (Å²) in [5.41, 5.74) is 4.78. The van der Waals surface area contributed by atoms with Gasteiger partial charge in [0, 0.05) is 6.42 Å². The van der Waals surface area contributed by atoms with Gasteiger partial charge in [0.2, 0.25) is 5.91 Å². The standard InChI is InChI=1S/C11H22N.C3H5NO.ClH/c1-7-9-11(3,4)12(5,6)10-8-2;1-2-3(4)5;/h7-8H,1-2,9-10H2,3-6H3;2H,1H2,(H2,4,5);1H/q+1;;/p-1. The van der Waals surface area contributed by atoms with Crippen LogP contribution in [-0.4, -0.2) is 36.6 Å². The highest BCUT2D eigenvalue weighted by Crippen LogP contribution is 2.23. The molecule has 0 rings (SSSR count). The third-order valence-corrected chi connectivity index (χ3v) is 3.07. The Hall–Kier alpha value is -1.06. The second-order valence-corrected chi connectivity index (χ2v) is 5.07. The van der Waals surface area contributed by atoms with Crippen LogP contribution < -0.4 is 18.1 Å². The number of quaternary nitrogens is 1. The Morgan fingerprint density at radius 3 is 1.83 bits per heavy atom. The highest BCUT2D eigenvalue weighted by atomic mass is 35.5. The van der Waals surface area contributed by atoms with Crippen molar-refractivity contribution in [2.45, 2.75) is 25.8 Å². The molecule has 106 valence electrons. The van der Waals surface area contributed by atoms with Crippen molar-refractivity contribution in [3.63, 3.8) is 0 Å². The topological polar surface area (TPSA) is 43.1 Å². The molecule has 0 saturated heterocycles. The number of nitrogens with two attached hydrogens (primary N) is 1. The highest BCUT2D eigenvalue weighted by molar-refractivity contribution is 5.84. The van der Waals surface area contributed by atoms with Gasteiger partial charge < -0.3 is 22.6 Å². The summed E-state index contributed by atoms with van der Waals surface area (Å²) in [6.07, 6.45) is 6.06. The molecule has 0 radical (unpaired) electrons. The van der Waals surface area contributed by atoms with E-state index < -0.39 is 5.91 Å². The lowest BCUT2D eigenvalue weighted by Gasteiger charge is -2.43. The number of carbonyl (C=O) groups excluding carboxylic acids is 1. The van der Waals surface area contributed by atoms with Crippen LogP contribution >= 0.6 is 0 Å². The largest absolute Gasteiger partial charge is 1.00 e. The molecule has 0 bridgehead atoms. The molecule has 1 amide bonds. The molecule has 0 aromatic heterocycles. The summed E-state index contributed by atoms with van der Waals surface area (Å²) in [6, 6.07) is 0. The molecular formula is C14H27ClN2O. The molecule has 18 heavy (non-hydrogen) atoms. The van der Waals surface area contributed by atoms with Gasteiger partial charge in [0.05, 0.1) is 26.2 Å². The Bertz CT molecular complexity index is 264. The zero-order valence-electron chi connectivity index (χ0n) is 12.1. The van der Waals surface area contributed by atoms with E-state index in [-0.39, 0.29) is 17.9 Å². The minimum absolute atomic E-state index is 0. The molecule has 0 heterocycles. The Balaban J connectivity index is -0.000000321. The number of amides is 1. The van der Waals surface area contributed by atoms with E-state index in [0.29, 0.717) is 0 Å². The summed E-state index contributed by atoms with van der Waals surface area (Å²) in [5, 5.41) is 0. The zero-order valence-corrected chi connectivity index (χ0v) is 12.8. The van der Waals surface area contributed by atoms with Gasteiger partial charge in [-0.25, -0.2) is 0 Å². The smallest absolute Gasteiger partial charge is 0.240 e. The number of halogens is 1. The zero-order chi connectivity index (χ0) is 14.1. The van der Waals surface area contributed by atoms with Crippen molar-refractivity contribution in [3.8, 4) is 0 Å². The monoisotopic (exact) mass is 274 g/mol. The van der Waals surface area contributed by atoms with Gasteiger partial charge in [-0.15, -0.1) is 6.58 Å². The summed E-state index contributed by atoms with van der Waals surface area (Å²) in [6.45, 7) is 16.2. The second-order valence-electron chi connectivity index (χ2n) is 5.07. The van der Waals surface area contributed by atoms with E-state index in [4.69, 9.17) is 0 Å². The van der Waals surface area contributed by atoms with E-state index in [1.807, 2.05) is 12.2 Å². The van der Waals surface area contributed by atoms with E-state index in [0.717, 1.165) is 23.5 Å². The Labute approximate surface area is 118 Å². The number of carbonyl (C=O) groups is 1. The number of likely N-dealkylation sites (N-methyl/N-ethyl adjacent to an activating group) is 1. The number of nitrogens with zero attached hydrogens (tertiary/aromatic N) is 1. The third-order valence-electron chi connectivity index (χ3n) is 3.07. The van der Waals surface area contributed by atoms with Gasteiger partial charge >= 0.3 is 0 Å². The van der Waals surface area contributed by atoms with Crippen LogP contribution in [0.2, 0.25) is 0 Å². The van der Waals surface area contributed by atoms with Gasteiger partial charge in [0.1, 0.15) is 0 Å².